The van der Waals surface area contributed by atoms with Crippen molar-refractivity contribution >= 4 is 5.69 Å². The van der Waals surface area contributed by atoms with E-state index in [-0.39, 0.29) is 12.2 Å². The molecule has 0 fully saturated rings. The van der Waals surface area contributed by atoms with Crippen LogP contribution in [0.5, 0.6) is 5.75 Å². The number of ether oxygens (including phenoxy) is 1. The number of hydrogen-bond acceptors (Lipinski definition) is 5. The van der Waals surface area contributed by atoms with Gasteiger partial charge >= 0.3 is 0 Å². The van der Waals surface area contributed by atoms with Gasteiger partial charge in [0.1, 0.15) is 24.0 Å². The normalized spacial score (nSPS) is 13.4. The number of hydrogen-bond donors (Lipinski definition) is 0. The second-order valence-corrected chi connectivity index (χ2v) is 6.12. The Morgan fingerprint density at radius 3 is 2.48 bits per heavy atom. The molecule has 4 rings (SSSR count). The summed E-state index contributed by atoms with van der Waals surface area (Å²) in [5.41, 5.74) is 0.905. The number of rotatable bonds is 6. The van der Waals surface area contributed by atoms with Crippen molar-refractivity contribution in [2.75, 3.05) is 11.6 Å². The van der Waals surface area contributed by atoms with Crippen LogP contribution in [0.2, 0.25) is 0 Å². The maximum Gasteiger partial charge on any atom is 0.155 e. The van der Waals surface area contributed by atoms with Crippen LogP contribution < -0.4 is 9.64 Å². The molecule has 5 nitrogen and oxygen atoms in total. The van der Waals surface area contributed by atoms with Crippen LogP contribution in [0.15, 0.2) is 71.7 Å². The average Bonchev–Trinajstić information content (AvgIpc) is 3.34. The Bertz CT molecular complexity index is 907. The highest BCUT2D eigenvalue weighted by Crippen LogP contribution is 2.24. The van der Waals surface area contributed by atoms with Gasteiger partial charge in [0.2, 0.25) is 0 Å². The Kier molecular flexibility index (Phi) is 4.74. The Labute approximate surface area is 155 Å². The minimum absolute atomic E-state index is 0.0767. The van der Waals surface area contributed by atoms with Gasteiger partial charge in [-0.05, 0) is 36.4 Å². The molecule has 0 saturated heterocycles. The van der Waals surface area contributed by atoms with Crippen molar-refractivity contribution < 1.29 is 18.0 Å². The monoisotopic (exact) mass is 369 g/mol. The van der Waals surface area contributed by atoms with Crippen LogP contribution in [0, 0.1) is 11.6 Å². The van der Waals surface area contributed by atoms with Gasteiger partial charge in [-0.3, -0.25) is 0 Å². The molecule has 27 heavy (non-hydrogen) atoms. The lowest BCUT2D eigenvalue weighted by molar-refractivity contribution is 0.292. The van der Waals surface area contributed by atoms with Crippen LogP contribution in [0.1, 0.15) is 11.3 Å². The summed E-state index contributed by atoms with van der Waals surface area (Å²) in [6.07, 6.45) is 5.58. The standard InChI is InChI=1S/C20H17F2N3O2/c21-19-2-1-3-20(22)18(19)13-26-16-6-4-15(5-7-16)25-11-10-24(14-25)12-17-8-9-23-27-17/h1-11H,12-14H2. The molecule has 0 spiro atoms. The van der Waals surface area contributed by atoms with Gasteiger partial charge in [-0.15, -0.1) is 0 Å². The summed E-state index contributed by atoms with van der Waals surface area (Å²) in [7, 11) is 0. The number of aromatic nitrogens is 1. The molecule has 0 N–H and O–H groups in total. The second-order valence-electron chi connectivity index (χ2n) is 6.12. The molecule has 7 heteroatoms. The van der Waals surface area contributed by atoms with Crippen molar-refractivity contribution in [3.05, 3.63) is 90.1 Å². The smallest absolute Gasteiger partial charge is 0.155 e. The maximum atomic E-state index is 13.6. The van der Waals surface area contributed by atoms with E-state index in [2.05, 4.69) is 15.0 Å². The molecule has 3 aromatic rings. The van der Waals surface area contributed by atoms with E-state index >= 15 is 0 Å². The molecule has 1 aliphatic heterocycles. The highest BCUT2D eigenvalue weighted by Gasteiger charge is 2.15. The molecular formula is C20H17F2N3O2. The van der Waals surface area contributed by atoms with Crippen LogP contribution in [0.3, 0.4) is 0 Å². The topological polar surface area (TPSA) is 41.7 Å². The molecule has 0 unspecified atom stereocenters. The number of anilines is 1. The lowest BCUT2D eigenvalue weighted by Gasteiger charge is -2.20. The van der Waals surface area contributed by atoms with E-state index in [1.54, 1.807) is 18.3 Å². The van der Waals surface area contributed by atoms with Gasteiger partial charge < -0.3 is 19.1 Å². The zero-order valence-electron chi connectivity index (χ0n) is 14.4. The zero-order chi connectivity index (χ0) is 18.6. The quantitative estimate of drug-likeness (QED) is 0.649. The third-order valence-corrected chi connectivity index (χ3v) is 4.25. The second kappa shape index (κ2) is 7.49. The minimum atomic E-state index is -0.610. The van der Waals surface area contributed by atoms with E-state index in [0.717, 1.165) is 11.4 Å². The maximum absolute atomic E-state index is 13.6. The number of halogens is 2. The summed E-state index contributed by atoms with van der Waals surface area (Å²) < 4.78 is 37.9. The van der Waals surface area contributed by atoms with Crippen molar-refractivity contribution in [2.24, 2.45) is 0 Å². The Hall–Kier alpha value is -3.35. The highest BCUT2D eigenvalue weighted by molar-refractivity contribution is 5.52. The van der Waals surface area contributed by atoms with E-state index in [4.69, 9.17) is 9.26 Å². The molecule has 0 atom stereocenters. The van der Waals surface area contributed by atoms with Gasteiger partial charge in [0.25, 0.3) is 0 Å². The third-order valence-electron chi connectivity index (χ3n) is 4.25. The van der Waals surface area contributed by atoms with Crippen molar-refractivity contribution in [3.63, 3.8) is 0 Å². The van der Waals surface area contributed by atoms with Crippen molar-refractivity contribution in [2.45, 2.75) is 13.2 Å². The molecular weight excluding hydrogens is 352 g/mol. The molecule has 1 aromatic heterocycles. The van der Waals surface area contributed by atoms with Crippen LogP contribution >= 0.6 is 0 Å². The Morgan fingerprint density at radius 2 is 1.78 bits per heavy atom. The molecule has 2 aromatic carbocycles. The van der Waals surface area contributed by atoms with E-state index in [1.165, 1.54) is 18.2 Å². The van der Waals surface area contributed by atoms with Crippen molar-refractivity contribution in [1.82, 2.24) is 10.1 Å². The van der Waals surface area contributed by atoms with Gasteiger partial charge in [0.05, 0.1) is 25.0 Å². The Balaban J connectivity index is 1.35. The predicted octanol–water partition coefficient (Wildman–Crippen LogP) is 4.28. The summed E-state index contributed by atoms with van der Waals surface area (Å²) in [6, 6.07) is 13.0. The summed E-state index contributed by atoms with van der Waals surface area (Å²) in [5, 5.41) is 3.70. The van der Waals surface area contributed by atoms with E-state index in [0.29, 0.717) is 19.0 Å². The van der Waals surface area contributed by atoms with E-state index < -0.39 is 11.6 Å². The fourth-order valence-electron chi connectivity index (χ4n) is 2.82. The highest BCUT2D eigenvalue weighted by atomic mass is 19.1. The summed E-state index contributed by atoms with van der Waals surface area (Å²) in [5.74, 6) is 0.120. The van der Waals surface area contributed by atoms with Crippen LogP contribution in [0.4, 0.5) is 14.5 Å². The first-order valence-corrected chi connectivity index (χ1v) is 8.43. The molecule has 2 heterocycles. The fraction of sp³-hybridized carbons (Fsp3) is 0.150. The first-order chi connectivity index (χ1) is 13.2. The first-order valence-electron chi connectivity index (χ1n) is 8.43. The summed E-state index contributed by atoms with van der Waals surface area (Å²) in [4.78, 5) is 4.16. The zero-order valence-corrected chi connectivity index (χ0v) is 14.4. The fourth-order valence-corrected chi connectivity index (χ4v) is 2.82. The Morgan fingerprint density at radius 1 is 1.00 bits per heavy atom. The molecule has 0 bridgehead atoms. The van der Waals surface area contributed by atoms with Gasteiger partial charge in [-0.25, -0.2) is 8.78 Å². The van der Waals surface area contributed by atoms with E-state index in [1.807, 2.05) is 30.6 Å². The van der Waals surface area contributed by atoms with Crippen LogP contribution in [0.25, 0.3) is 0 Å². The van der Waals surface area contributed by atoms with Crippen LogP contribution in [-0.4, -0.2) is 16.7 Å². The molecule has 1 aliphatic rings. The summed E-state index contributed by atoms with van der Waals surface area (Å²) >= 11 is 0. The molecule has 0 radical (unpaired) electrons. The van der Waals surface area contributed by atoms with Gasteiger partial charge in [-0.1, -0.05) is 11.2 Å². The lowest BCUT2D eigenvalue weighted by Crippen LogP contribution is -2.24. The van der Waals surface area contributed by atoms with Gasteiger partial charge in [-0.2, -0.15) is 0 Å². The molecule has 138 valence electrons. The largest absolute Gasteiger partial charge is 0.489 e. The minimum Gasteiger partial charge on any atom is -0.489 e. The van der Waals surface area contributed by atoms with Gasteiger partial charge in [0.15, 0.2) is 5.76 Å². The first kappa shape index (κ1) is 17.1. The van der Waals surface area contributed by atoms with Gasteiger partial charge in [0, 0.05) is 24.2 Å². The molecule has 0 aliphatic carbocycles. The molecule has 0 amide bonds. The summed E-state index contributed by atoms with van der Waals surface area (Å²) in [6.45, 7) is 1.16. The van der Waals surface area contributed by atoms with Crippen molar-refractivity contribution in [1.29, 1.82) is 0 Å². The third kappa shape index (κ3) is 3.92. The number of benzene rings is 2. The SMILES string of the molecule is Fc1cccc(F)c1COc1ccc(N2C=CN(Cc3ccno3)C2)cc1. The molecule has 0 saturated carbocycles. The number of nitrogens with zero attached hydrogens (tertiary/aromatic N) is 3. The lowest BCUT2D eigenvalue weighted by atomic mass is 10.2. The predicted molar refractivity (Wildman–Crippen MR) is 95.7 cm³/mol. The van der Waals surface area contributed by atoms with E-state index in [9.17, 15) is 8.78 Å². The van der Waals surface area contributed by atoms with Crippen LogP contribution in [-0.2, 0) is 13.2 Å². The average molecular weight is 369 g/mol. The van der Waals surface area contributed by atoms with Crippen molar-refractivity contribution in [3.8, 4) is 5.75 Å².